The van der Waals surface area contributed by atoms with E-state index in [0.29, 0.717) is 5.92 Å². The van der Waals surface area contributed by atoms with Gasteiger partial charge in [-0.15, -0.1) is 0 Å². The summed E-state index contributed by atoms with van der Waals surface area (Å²) in [6, 6.07) is 21.6. The summed E-state index contributed by atoms with van der Waals surface area (Å²) >= 11 is 0. The topological polar surface area (TPSA) is 39.7 Å². The van der Waals surface area contributed by atoms with E-state index in [2.05, 4.69) is 88.2 Å². The second-order valence-corrected chi connectivity index (χ2v) is 7.79. The molecule has 2 aromatic rings. The van der Waals surface area contributed by atoms with E-state index in [9.17, 15) is 0 Å². The molecule has 0 bridgehead atoms. The van der Waals surface area contributed by atoms with Gasteiger partial charge in [-0.1, -0.05) is 60.7 Å². The molecule has 2 N–H and O–H groups in total. The molecule has 150 valence electrons. The third-order valence-electron chi connectivity index (χ3n) is 5.75. The summed E-state index contributed by atoms with van der Waals surface area (Å²) in [6.45, 7) is 4.30. The number of rotatable bonds is 7. The largest absolute Gasteiger partial charge is 0.356 e. The van der Waals surface area contributed by atoms with Crippen molar-refractivity contribution >= 4 is 5.96 Å². The Labute approximate surface area is 170 Å². The molecular weight excluding hydrogens is 344 g/mol. The fourth-order valence-corrected chi connectivity index (χ4v) is 3.96. The lowest BCUT2D eigenvalue weighted by molar-refractivity contribution is 0.220. The van der Waals surface area contributed by atoms with Crippen molar-refractivity contribution in [3.63, 3.8) is 0 Å². The molecule has 0 unspecified atom stereocenters. The molecule has 4 heteroatoms. The Kier molecular flexibility index (Phi) is 7.92. The third kappa shape index (κ3) is 6.10. The van der Waals surface area contributed by atoms with Crippen LogP contribution in [0.5, 0.6) is 0 Å². The number of aliphatic imine (C=N–C) groups is 1. The summed E-state index contributed by atoms with van der Waals surface area (Å²) < 4.78 is 0. The van der Waals surface area contributed by atoms with E-state index >= 15 is 0 Å². The maximum Gasteiger partial charge on any atom is 0.190 e. The average Bonchev–Trinajstić information content (AvgIpc) is 2.76. The van der Waals surface area contributed by atoms with Crippen molar-refractivity contribution in [2.75, 3.05) is 40.3 Å². The van der Waals surface area contributed by atoms with E-state index in [4.69, 9.17) is 0 Å². The zero-order chi connectivity index (χ0) is 19.6. The Hall–Kier alpha value is -2.33. The quantitative estimate of drug-likeness (QED) is 0.570. The van der Waals surface area contributed by atoms with Crippen LogP contribution < -0.4 is 10.6 Å². The summed E-state index contributed by atoms with van der Waals surface area (Å²) in [5.41, 5.74) is 2.73. The summed E-state index contributed by atoms with van der Waals surface area (Å²) in [4.78, 5) is 6.83. The molecule has 0 aromatic heterocycles. The Balaban J connectivity index is 1.51. The zero-order valence-electron chi connectivity index (χ0n) is 17.3. The van der Waals surface area contributed by atoms with Crippen LogP contribution in [0.1, 0.15) is 36.3 Å². The molecular formula is C24H34N4. The Morgan fingerprint density at radius 2 is 1.54 bits per heavy atom. The van der Waals surface area contributed by atoms with Gasteiger partial charge in [-0.2, -0.15) is 0 Å². The highest BCUT2D eigenvalue weighted by Crippen LogP contribution is 2.27. The van der Waals surface area contributed by atoms with Crippen LogP contribution in [0.15, 0.2) is 65.7 Å². The first-order valence-corrected chi connectivity index (χ1v) is 10.5. The molecule has 0 saturated carbocycles. The molecule has 0 atom stereocenters. The van der Waals surface area contributed by atoms with Gasteiger partial charge < -0.3 is 15.5 Å². The van der Waals surface area contributed by atoms with Gasteiger partial charge in [0.05, 0.1) is 0 Å². The molecule has 0 amide bonds. The number of hydrogen-bond donors (Lipinski definition) is 2. The van der Waals surface area contributed by atoms with E-state index in [1.165, 1.54) is 37.1 Å². The van der Waals surface area contributed by atoms with Crippen molar-refractivity contribution in [2.24, 2.45) is 10.9 Å². The lowest BCUT2D eigenvalue weighted by Crippen LogP contribution is -2.42. The maximum absolute atomic E-state index is 4.41. The van der Waals surface area contributed by atoms with Crippen molar-refractivity contribution in [3.8, 4) is 0 Å². The monoisotopic (exact) mass is 378 g/mol. The molecule has 0 aliphatic carbocycles. The maximum atomic E-state index is 4.41. The van der Waals surface area contributed by atoms with Gasteiger partial charge in [-0.05, 0) is 56.4 Å². The predicted molar refractivity (Wildman–Crippen MR) is 119 cm³/mol. The van der Waals surface area contributed by atoms with Crippen LogP contribution in [0.4, 0.5) is 0 Å². The predicted octanol–water partition coefficient (Wildman–Crippen LogP) is 3.72. The molecule has 1 fully saturated rings. The normalized spacial score (nSPS) is 16.3. The highest BCUT2D eigenvalue weighted by molar-refractivity contribution is 5.79. The average molecular weight is 379 g/mol. The van der Waals surface area contributed by atoms with Gasteiger partial charge in [0.25, 0.3) is 0 Å². The van der Waals surface area contributed by atoms with Crippen LogP contribution in [0.2, 0.25) is 0 Å². The Morgan fingerprint density at radius 1 is 0.964 bits per heavy atom. The summed E-state index contributed by atoms with van der Waals surface area (Å²) in [5.74, 6) is 2.05. The summed E-state index contributed by atoms with van der Waals surface area (Å²) in [5, 5.41) is 7.04. The fourth-order valence-electron chi connectivity index (χ4n) is 3.96. The van der Waals surface area contributed by atoms with Crippen LogP contribution in [0, 0.1) is 5.92 Å². The minimum Gasteiger partial charge on any atom is -0.356 e. The van der Waals surface area contributed by atoms with Crippen LogP contribution in [-0.4, -0.2) is 51.1 Å². The van der Waals surface area contributed by atoms with E-state index in [1.54, 1.807) is 0 Å². The first kappa shape index (κ1) is 20.4. The highest BCUT2D eigenvalue weighted by atomic mass is 15.2. The molecule has 1 saturated heterocycles. The minimum absolute atomic E-state index is 0.391. The van der Waals surface area contributed by atoms with Gasteiger partial charge >= 0.3 is 0 Å². The van der Waals surface area contributed by atoms with Crippen LogP contribution in [0.25, 0.3) is 0 Å². The van der Waals surface area contributed by atoms with E-state index in [-0.39, 0.29) is 0 Å². The molecule has 1 heterocycles. The van der Waals surface area contributed by atoms with Crippen LogP contribution in [-0.2, 0) is 0 Å². The van der Waals surface area contributed by atoms with Crippen molar-refractivity contribution in [2.45, 2.75) is 25.2 Å². The number of nitrogens with one attached hydrogen (secondary N) is 2. The molecule has 2 aromatic carbocycles. The van der Waals surface area contributed by atoms with Crippen molar-refractivity contribution in [1.82, 2.24) is 15.5 Å². The minimum atomic E-state index is 0.391. The first-order chi connectivity index (χ1) is 13.8. The number of piperidine rings is 1. The second-order valence-electron chi connectivity index (χ2n) is 7.79. The van der Waals surface area contributed by atoms with E-state index in [0.717, 1.165) is 31.4 Å². The van der Waals surface area contributed by atoms with Crippen molar-refractivity contribution in [3.05, 3.63) is 71.8 Å². The number of likely N-dealkylation sites (tertiary alicyclic amines) is 1. The lowest BCUT2D eigenvalue weighted by atomic mass is 9.88. The van der Waals surface area contributed by atoms with Gasteiger partial charge in [-0.3, -0.25) is 4.99 Å². The zero-order valence-corrected chi connectivity index (χ0v) is 17.3. The SMILES string of the molecule is CN=C(NCCC(c1ccccc1)c1ccccc1)NCC1CCN(C)CC1. The molecule has 3 rings (SSSR count). The summed E-state index contributed by atoms with van der Waals surface area (Å²) in [7, 11) is 4.07. The number of nitrogens with zero attached hydrogens (tertiary/aromatic N) is 2. The number of guanidine groups is 1. The standard InChI is InChI=1S/C24H34N4/c1-25-24(27-19-20-14-17-28(2)18-15-20)26-16-13-23(21-9-5-3-6-10-21)22-11-7-4-8-12-22/h3-12,20,23H,13-19H2,1-2H3,(H2,25,26,27). The smallest absolute Gasteiger partial charge is 0.190 e. The van der Waals surface area contributed by atoms with Gasteiger partial charge in [0.2, 0.25) is 0 Å². The Bertz CT molecular complexity index is 666. The number of hydrogen-bond acceptors (Lipinski definition) is 2. The van der Waals surface area contributed by atoms with Crippen LogP contribution in [0.3, 0.4) is 0 Å². The van der Waals surface area contributed by atoms with Gasteiger partial charge in [0.15, 0.2) is 5.96 Å². The Morgan fingerprint density at radius 3 is 2.07 bits per heavy atom. The molecule has 1 aliphatic heterocycles. The van der Waals surface area contributed by atoms with Crippen molar-refractivity contribution in [1.29, 1.82) is 0 Å². The number of benzene rings is 2. The molecule has 0 spiro atoms. The second kappa shape index (κ2) is 10.9. The van der Waals surface area contributed by atoms with E-state index in [1.807, 2.05) is 7.05 Å². The molecule has 4 nitrogen and oxygen atoms in total. The van der Waals surface area contributed by atoms with Crippen LogP contribution >= 0.6 is 0 Å². The molecule has 28 heavy (non-hydrogen) atoms. The highest BCUT2D eigenvalue weighted by Gasteiger charge is 2.17. The first-order valence-electron chi connectivity index (χ1n) is 10.5. The van der Waals surface area contributed by atoms with Crippen molar-refractivity contribution < 1.29 is 0 Å². The third-order valence-corrected chi connectivity index (χ3v) is 5.75. The molecule has 1 aliphatic rings. The van der Waals surface area contributed by atoms with E-state index < -0.39 is 0 Å². The van der Waals surface area contributed by atoms with Gasteiger partial charge in [-0.25, -0.2) is 0 Å². The lowest BCUT2D eigenvalue weighted by Gasteiger charge is -2.29. The van der Waals surface area contributed by atoms with Gasteiger partial charge in [0, 0.05) is 26.1 Å². The summed E-state index contributed by atoms with van der Waals surface area (Å²) in [6.07, 6.45) is 3.57. The fraction of sp³-hybridized carbons (Fsp3) is 0.458. The van der Waals surface area contributed by atoms with Gasteiger partial charge in [0.1, 0.15) is 0 Å². The molecule has 0 radical (unpaired) electrons.